The van der Waals surface area contributed by atoms with E-state index in [2.05, 4.69) is 22.6 Å². The average Bonchev–Trinajstić information content (AvgIpc) is 2.35. The minimum absolute atomic E-state index is 0.0300. The first-order valence-corrected chi connectivity index (χ1v) is 4.95. The van der Waals surface area contributed by atoms with Gasteiger partial charge in [0, 0.05) is 17.7 Å². The Morgan fingerprint density at radius 3 is 1.88 bits per heavy atom. The van der Waals surface area contributed by atoms with Crippen LogP contribution in [0.2, 0.25) is 0 Å². The summed E-state index contributed by atoms with van der Waals surface area (Å²) >= 11 is 0. The summed E-state index contributed by atoms with van der Waals surface area (Å²) in [6.07, 6.45) is 1.11. The highest BCUT2D eigenvalue weighted by Gasteiger charge is 2.15. The summed E-state index contributed by atoms with van der Waals surface area (Å²) in [5, 5.41) is 0. The molecule has 1 unspecified atom stereocenters. The van der Waals surface area contributed by atoms with Crippen LogP contribution in [0.4, 0.5) is 0 Å². The highest BCUT2D eigenvalue weighted by atomic mass is 16.5. The van der Waals surface area contributed by atoms with E-state index >= 15 is 0 Å². The summed E-state index contributed by atoms with van der Waals surface area (Å²) < 4.78 is 8.66. The molecule has 0 radical (unpaired) electrons. The molecule has 0 bridgehead atoms. The molecule has 0 aromatic rings. The fourth-order valence-corrected chi connectivity index (χ4v) is 0.697. The number of esters is 2. The van der Waals surface area contributed by atoms with E-state index in [9.17, 15) is 9.59 Å². The molecule has 0 aliphatic carbocycles. The van der Waals surface area contributed by atoms with Crippen LogP contribution in [0.15, 0.2) is 24.8 Å². The largest absolute Gasteiger partial charge is 0.466 e. The summed E-state index contributed by atoms with van der Waals surface area (Å²) in [4.78, 5) is 22.7. The predicted molar refractivity (Wildman–Crippen MR) is 66.5 cm³/mol. The SMILES string of the molecule is C=C(C(=O)OC)C(C)N(C)C.C=CC(=O)OC. The number of carbonyl (C=O) groups excluding carboxylic acids is 2. The summed E-state index contributed by atoms with van der Waals surface area (Å²) in [7, 11) is 6.44. The van der Waals surface area contributed by atoms with Crippen molar-refractivity contribution >= 4 is 11.9 Å². The van der Waals surface area contributed by atoms with Crippen LogP contribution in [0.5, 0.6) is 0 Å². The highest BCUT2D eigenvalue weighted by molar-refractivity contribution is 5.88. The molecule has 0 aromatic heterocycles. The van der Waals surface area contributed by atoms with Gasteiger partial charge in [-0.25, -0.2) is 9.59 Å². The first-order valence-electron chi connectivity index (χ1n) is 4.95. The topological polar surface area (TPSA) is 55.8 Å². The van der Waals surface area contributed by atoms with Crippen molar-refractivity contribution in [2.24, 2.45) is 0 Å². The van der Waals surface area contributed by atoms with Gasteiger partial charge < -0.3 is 14.4 Å². The second-order valence-corrected chi connectivity index (χ2v) is 3.38. The summed E-state index contributed by atoms with van der Waals surface area (Å²) in [5.74, 6) is -0.735. The van der Waals surface area contributed by atoms with E-state index in [4.69, 9.17) is 0 Å². The molecule has 0 aliphatic rings. The lowest BCUT2D eigenvalue weighted by Crippen LogP contribution is -2.30. The molecular formula is C12H21NO4. The molecule has 0 amide bonds. The van der Waals surface area contributed by atoms with Gasteiger partial charge in [-0.05, 0) is 21.0 Å². The van der Waals surface area contributed by atoms with Gasteiger partial charge in [0.05, 0.1) is 14.2 Å². The molecule has 0 fully saturated rings. The van der Waals surface area contributed by atoms with Gasteiger partial charge in [-0.3, -0.25) is 0 Å². The number of ether oxygens (including phenoxy) is 2. The Labute approximate surface area is 103 Å². The third kappa shape index (κ3) is 8.21. The van der Waals surface area contributed by atoms with Crippen LogP contribution >= 0.6 is 0 Å². The number of hydrogen-bond donors (Lipinski definition) is 0. The van der Waals surface area contributed by atoms with Gasteiger partial charge in [-0.1, -0.05) is 13.2 Å². The van der Waals surface area contributed by atoms with Gasteiger partial charge in [0.1, 0.15) is 0 Å². The third-order valence-electron chi connectivity index (χ3n) is 2.09. The van der Waals surface area contributed by atoms with Crippen LogP contribution in [-0.2, 0) is 19.1 Å². The zero-order valence-electron chi connectivity index (χ0n) is 11.1. The molecule has 0 saturated carbocycles. The lowest BCUT2D eigenvalue weighted by atomic mass is 10.1. The number of carbonyl (C=O) groups is 2. The van der Waals surface area contributed by atoms with Crippen molar-refractivity contribution in [3.8, 4) is 0 Å². The monoisotopic (exact) mass is 243 g/mol. The first-order chi connectivity index (χ1) is 7.81. The maximum Gasteiger partial charge on any atom is 0.334 e. The number of methoxy groups -OCH3 is 2. The zero-order valence-corrected chi connectivity index (χ0v) is 11.1. The molecule has 0 aromatic carbocycles. The van der Waals surface area contributed by atoms with E-state index in [1.165, 1.54) is 14.2 Å². The Kier molecular flexibility index (Phi) is 10.0. The molecule has 0 aliphatic heterocycles. The zero-order chi connectivity index (χ0) is 14.0. The molecule has 1 atom stereocenters. The van der Waals surface area contributed by atoms with Crippen LogP contribution in [-0.4, -0.2) is 51.2 Å². The molecule has 98 valence electrons. The smallest absolute Gasteiger partial charge is 0.334 e. The predicted octanol–water partition coefficient (Wildman–Crippen LogP) is 1.01. The highest BCUT2D eigenvalue weighted by Crippen LogP contribution is 2.05. The van der Waals surface area contributed by atoms with Crippen molar-refractivity contribution in [1.29, 1.82) is 0 Å². The fraction of sp³-hybridized carbons (Fsp3) is 0.500. The van der Waals surface area contributed by atoms with Gasteiger partial charge >= 0.3 is 11.9 Å². The Bertz CT molecular complexity index is 284. The van der Waals surface area contributed by atoms with Gasteiger partial charge in [-0.15, -0.1) is 0 Å². The number of nitrogens with zero attached hydrogens (tertiary/aromatic N) is 1. The van der Waals surface area contributed by atoms with E-state index in [0.717, 1.165) is 6.08 Å². The Balaban J connectivity index is 0. The van der Waals surface area contributed by atoms with Crippen LogP contribution < -0.4 is 0 Å². The molecule has 5 heteroatoms. The van der Waals surface area contributed by atoms with Crippen molar-refractivity contribution in [3.63, 3.8) is 0 Å². The van der Waals surface area contributed by atoms with E-state index in [1.807, 2.05) is 25.9 Å². The number of likely N-dealkylation sites (N-methyl/N-ethyl adjacent to an activating group) is 1. The van der Waals surface area contributed by atoms with Crippen molar-refractivity contribution in [1.82, 2.24) is 4.90 Å². The van der Waals surface area contributed by atoms with Crippen molar-refractivity contribution in [2.75, 3.05) is 28.3 Å². The van der Waals surface area contributed by atoms with Crippen molar-refractivity contribution in [2.45, 2.75) is 13.0 Å². The van der Waals surface area contributed by atoms with Gasteiger partial charge in [0.15, 0.2) is 0 Å². The molecule has 0 saturated heterocycles. The lowest BCUT2D eigenvalue weighted by molar-refractivity contribution is -0.137. The minimum atomic E-state index is -0.394. The standard InChI is InChI=1S/C8H15NO2.C4H6O2/c1-6(8(10)11-5)7(2)9(3)4;1-3-4(5)6-2/h7H,1H2,2-5H3;3H,1H2,2H3. The van der Waals surface area contributed by atoms with Gasteiger partial charge in [0.2, 0.25) is 0 Å². The Hall–Kier alpha value is -1.62. The average molecular weight is 243 g/mol. The maximum atomic E-state index is 10.9. The first kappa shape index (κ1) is 17.8. The molecular weight excluding hydrogens is 222 g/mol. The summed E-state index contributed by atoms with van der Waals surface area (Å²) in [6.45, 7) is 8.69. The minimum Gasteiger partial charge on any atom is -0.466 e. The Morgan fingerprint density at radius 1 is 1.24 bits per heavy atom. The van der Waals surface area contributed by atoms with Crippen molar-refractivity contribution in [3.05, 3.63) is 24.8 Å². The second-order valence-electron chi connectivity index (χ2n) is 3.38. The van der Waals surface area contributed by atoms with E-state index in [1.54, 1.807) is 0 Å². The van der Waals surface area contributed by atoms with E-state index < -0.39 is 5.97 Å². The number of rotatable bonds is 4. The molecule has 0 rings (SSSR count). The fourth-order valence-electron chi connectivity index (χ4n) is 0.697. The molecule has 0 spiro atoms. The van der Waals surface area contributed by atoms with E-state index in [-0.39, 0.29) is 12.0 Å². The van der Waals surface area contributed by atoms with Crippen LogP contribution in [0.25, 0.3) is 0 Å². The second kappa shape index (κ2) is 9.59. The Morgan fingerprint density at radius 2 is 1.71 bits per heavy atom. The maximum absolute atomic E-state index is 10.9. The summed E-state index contributed by atoms with van der Waals surface area (Å²) in [5.41, 5.74) is 0.484. The quantitative estimate of drug-likeness (QED) is 0.545. The normalized spacial score (nSPS) is 10.7. The van der Waals surface area contributed by atoms with E-state index in [0.29, 0.717) is 5.57 Å². The third-order valence-corrected chi connectivity index (χ3v) is 2.09. The van der Waals surface area contributed by atoms with Crippen LogP contribution in [0, 0.1) is 0 Å². The van der Waals surface area contributed by atoms with Gasteiger partial charge in [-0.2, -0.15) is 0 Å². The van der Waals surface area contributed by atoms with Crippen LogP contribution in [0.3, 0.4) is 0 Å². The molecule has 5 nitrogen and oxygen atoms in total. The van der Waals surface area contributed by atoms with Crippen LogP contribution in [0.1, 0.15) is 6.92 Å². The molecule has 0 N–H and O–H groups in total. The van der Waals surface area contributed by atoms with Crippen molar-refractivity contribution < 1.29 is 19.1 Å². The number of hydrogen-bond acceptors (Lipinski definition) is 5. The van der Waals surface area contributed by atoms with Gasteiger partial charge in [0.25, 0.3) is 0 Å². The summed E-state index contributed by atoms with van der Waals surface area (Å²) in [6, 6.07) is 0.0300. The lowest BCUT2D eigenvalue weighted by Gasteiger charge is -2.20. The molecule has 17 heavy (non-hydrogen) atoms. The molecule has 0 heterocycles.